The van der Waals surface area contributed by atoms with Crippen LogP contribution in [0, 0.1) is 5.82 Å². The quantitative estimate of drug-likeness (QED) is 0.837. The lowest BCUT2D eigenvalue weighted by atomic mass is 10.2. The Kier molecular flexibility index (Phi) is 4.58. The lowest BCUT2D eigenvalue weighted by Crippen LogP contribution is -2.38. The summed E-state index contributed by atoms with van der Waals surface area (Å²) >= 11 is 0. The van der Waals surface area contributed by atoms with E-state index < -0.39 is 0 Å². The molecule has 0 saturated carbocycles. The lowest BCUT2D eigenvalue weighted by Gasteiger charge is -2.27. The van der Waals surface area contributed by atoms with Crippen molar-refractivity contribution >= 4 is 6.09 Å². The summed E-state index contributed by atoms with van der Waals surface area (Å²) in [4.78, 5) is 15.4. The maximum absolute atomic E-state index is 12.8. The fourth-order valence-corrected chi connectivity index (χ4v) is 2.53. The molecule has 6 heteroatoms. The average Bonchev–Trinajstić information content (AvgIpc) is 2.94. The maximum atomic E-state index is 12.8. The molecule has 2 heterocycles. The molecule has 1 saturated heterocycles. The molecule has 2 aliphatic heterocycles. The first-order valence-electron chi connectivity index (χ1n) is 7.47. The Balaban J connectivity index is 1.45. The zero-order chi connectivity index (χ0) is 15.4. The zero-order valence-corrected chi connectivity index (χ0v) is 12.3. The second kappa shape index (κ2) is 6.79. The molecule has 0 N–H and O–H groups in total. The number of hydrogen-bond donors (Lipinski definition) is 0. The molecule has 118 valence electrons. The first kappa shape index (κ1) is 14.8. The normalized spacial score (nSPS) is 19.0. The molecule has 1 aromatic carbocycles. The number of benzene rings is 1. The van der Waals surface area contributed by atoms with Gasteiger partial charge in [-0.3, -0.25) is 4.90 Å². The molecule has 0 bridgehead atoms. The lowest BCUT2D eigenvalue weighted by molar-refractivity contribution is 0.153. The largest absolute Gasteiger partial charge is 0.462 e. The van der Waals surface area contributed by atoms with E-state index in [1.165, 1.54) is 12.1 Å². The summed E-state index contributed by atoms with van der Waals surface area (Å²) in [5, 5.41) is 0. The summed E-state index contributed by atoms with van der Waals surface area (Å²) in [7, 11) is 0. The molecule has 1 amide bonds. The first-order valence-corrected chi connectivity index (χ1v) is 7.47. The van der Waals surface area contributed by atoms with E-state index >= 15 is 0 Å². The highest BCUT2D eigenvalue weighted by Crippen LogP contribution is 2.19. The van der Waals surface area contributed by atoms with Gasteiger partial charge in [0.05, 0.1) is 6.54 Å². The third-order valence-corrected chi connectivity index (χ3v) is 3.85. The smallest absolute Gasteiger partial charge is 0.409 e. The molecule has 0 aromatic heterocycles. The molecule has 0 aliphatic carbocycles. The Labute approximate surface area is 128 Å². The van der Waals surface area contributed by atoms with Crippen LogP contribution in [0.5, 0.6) is 5.75 Å². The molecule has 0 radical (unpaired) electrons. The van der Waals surface area contributed by atoms with Crippen LogP contribution in [0.15, 0.2) is 36.1 Å². The van der Waals surface area contributed by atoms with Crippen molar-refractivity contribution in [2.45, 2.75) is 6.42 Å². The first-order chi connectivity index (χ1) is 10.7. The van der Waals surface area contributed by atoms with Crippen LogP contribution < -0.4 is 4.74 Å². The van der Waals surface area contributed by atoms with Crippen LogP contribution in [-0.4, -0.2) is 55.2 Å². The number of carbonyl (C=O) groups is 1. The highest BCUT2D eigenvalue weighted by molar-refractivity contribution is 5.69. The standard InChI is InChI=1S/C16H19FN2O3/c17-13-1-3-14(4-2-13)22-15-5-7-18(8-6-15)9-10-19-11-12-21-16(19)20/h1-5H,6-12H2. The predicted molar refractivity (Wildman–Crippen MR) is 79.1 cm³/mol. The monoisotopic (exact) mass is 306 g/mol. The van der Waals surface area contributed by atoms with Gasteiger partial charge in [-0.05, 0) is 30.3 Å². The van der Waals surface area contributed by atoms with Crippen molar-refractivity contribution < 1.29 is 18.7 Å². The van der Waals surface area contributed by atoms with Crippen LogP contribution in [0.1, 0.15) is 6.42 Å². The number of nitrogens with zero attached hydrogens (tertiary/aromatic N) is 2. The van der Waals surface area contributed by atoms with Crippen LogP contribution in [-0.2, 0) is 4.74 Å². The summed E-state index contributed by atoms with van der Waals surface area (Å²) in [6, 6.07) is 6.03. The molecule has 0 spiro atoms. The number of hydrogen-bond acceptors (Lipinski definition) is 4. The van der Waals surface area contributed by atoms with Gasteiger partial charge >= 0.3 is 6.09 Å². The van der Waals surface area contributed by atoms with Gasteiger partial charge in [0.25, 0.3) is 0 Å². The van der Waals surface area contributed by atoms with Crippen molar-refractivity contribution in [2.75, 3.05) is 39.3 Å². The van der Waals surface area contributed by atoms with Crippen LogP contribution in [0.4, 0.5) is 9.18 Å². The number of halogens is 1. The van der Waals surface area contributed by atoms with Crippen molar-refractivity contribution in [1.29, 1.82) is 0 Å². The maximum Gasteiger partial charge on any atom is 0.409 e. The number of ether oxygens (including phenoxy) is 2. The second-order valence-electron chi connectivity index (χ2n) is 5.38. The zero-order valence-electron chi connectivity index (χ0n) is 12.3. The summed E-state index contributed by atoms with van der Waals surface area (Å²) in [5.41, 5.74) is 0. The van der Waals surface area contributed by atoms with E-state index in [1.54, 1.807) is 17.0 Å². The van der Waals surface area contributed by atoms with E-state index in [4.69, 9.17) is 9.47 Å². The van der Waals surface area contributed by atoms with Gasteiger partial charge in [0.1, 0.15) is 23.9 Å². The number of rotatable bonds is 5. The molecule has 22 heavy (non-hydrogen) atoms. The van der Waals surface area contributed by atoms with Gasteiger partial charge in [0, 0.05) is 32.6 Å². The molecule has 1 fully saturated rings. The molecule has 3 rings (SSSR count). The molecule has 0 atom stereocenters. The SMILES string of the molecule is O=C1OCCN1CCN1CC=C(Oc2ccc(F)cc2)CC1. The van der Waals surface area contributed by atoms with Gasteiger partial charge in [0.2, 0.25) is 0 Å². The van der Waals surface area contributed by atoms with Crippen LogP contribution in [0.2, 0.25) is 0 Å². The second-order valence-corrected chi connectivity index (χ2v) is 5.38. The van der Waals surface area contributed by atoms with Gasteiger partial charge in [-0.25, -0.2) is 9.18 Å². The fourth-order valence-electron chi connectivity index (χ4n) is 2.53. The van der Waals surface area contributed by atoms with Crippen LogP contribution in [0.25, 0.3) is 0 Å². The third-order valence-electron chi connectivity index (χ3n) is 3.85. The van der Waals surface area contributed by atoms with E-state index in [9.17, 15) is 9.18 Å². The van der Waals surface area contributed by atoms with Crippen LogP contribution >= 0.6 is 0 Å². The highest BCUT2D eigenvalue weighted by atomic mass is 19.1. The molecule has 2 aliphatic rings. The minimum Gasteiger partial charge on any atom is -0.462 e. The van der Waals surface area contributed by atoms with Crippen molar-refractivity contribution in [1.82, 2.24) is 9.80 Å². The average molecular weight is 306 g/mol. The van der Waals surface area contributed by atoms with Crippen molar-refractivity contribution in [3.63, 3.8) is 0 Å². The van der Waals surface area contributed by atoms with Crippen molar-refractivity contribution in [2.24, 2.45) is 0 Å². The van der Waals surface area contributed by atoms with Crippen molar-refractivity contribution in [3.8, 4) is 5.75 Å². The molecule has 5 nitrogen and oxygen atoms in total. The number of carbonyl (C=O) groups excluding carboxylic acids is 1. The minimum atomic E-state index is -0.267. The van der Waals surface area contributed by atoms with Gasteiger partial charge < -0.3 is 14.4 Å². The summed E-state index contributed by atoms with van der Waals surface area (Å²) in [6.45, 7) is 4.38. The van der Waals surface area contributed by atoms with Gasteiger partial charge in [0.15, 0.2) is 0 Å². The Bertz CT molecular complexity index is 559. The Morgan fingerprint density at radius 3 is 2.64 bits per heavy atom. The Morgan fingerprint density at radius 1 is 1.18 bits per heavy atom. The fraction of sp³-hybridized carbons (Fsp3) is 0.438. The number of cyclic esters (lactones) is 1. The molecular formula is C16H19FN2O3. The van der Waals surface area contributed by atoms with E-state index in [-0.39, 0.29) is 11.9 Å². The van der Waals surface area contributed by atoms with Gasteiger partial charge in [-0.15, -0.1) is 0 Å². The third kappa shape index (κ3) is 3.76. The predicted octanol–water partition coefficient (Wildman–Crippen LogP) is 2.25. The van der Waals surface area contributed by atoms with E-state index in [1.807, 2.05) is 6.08 Å². The molecule has 0 unspecified atom stereocenters. The Hall–Kier alpha value is -2.08. The summed E-state index contributed by atoms with van der Waals surface area (Å²) in [5.74, 6) is 1.29. The molecular weight excluding hydrogens is 287 g/mol. The van der Waals surface area contributed by atoms with Crippen LogP contribution in [0.3, 0.4) is 0 Å². The highest BCUT2D eigenvalue weighted by Gasteiger charge is 2.22. The summed E-state index contributed by atoms with van der Waals surface area (Å²) in [6.07, 6.45) is 2.63. The van der Waals surface area contributed by atoms with E-state index in [0.717, 1.165) is 31.8 Å². The topological polar surface area (TPSA) is 42.0 Å². The number of amides is 1. The molecule has 1 aromatic rings. The van der Waals surface area contributed by atoms with E-state index in [0.29, 0.717) is 25.4 Å². The van der Waals surface area contributed by atoms with Gasteiger partial charge in [-0.1, -0.05) is 0 Å². The van der Waals surface area contributed by atoms with E-state index in [2.05, 4.69) is 4.90 Å². The van der Waals surface area contributed by atoms with Gasteiger partial charge in [-0.2, -0.15) is 0 Å². The summed E-state index contributed by atoms with van der Waals surface area (Å²) < 4.78 is 23.5. The van der Waals surface area contributed by atoms with Crippen molar-refractivity contribution in [3.05, 3.63) is 41.9 Å². The minimum absolute atomic E-state index is 0.215. The Morgan fingerprint density at radius 2 is 2.00 bits per heavy atom.